The van der Waals surface area contributed by atoms with Crippen molar-refractivity contribution in [2.45, 2.75) is 10.3 Å². The highest BCUT2D eigenvalue weighted by atomic mass is 32.2. The number of H-pyrrole nitrogens is 2. The number of rotatable bonds is 10. The number of hydrogen-bond donors (Lipinski definition) is 2. The molecule has 4 nitrogen and oxygen atoms in total. The molecule has 2 heterocycles. The summed E-state index contributed by atoms with van der Waals surface area (Å²) in [5, 5.41) is 1.84. The van der Waals surface area contributed by atoms with Crippen LogP contribution in [0.1, 0.15) is 0 Å². The minimum absolute atomic E-state index is 0.833. The van der Waals surface area contributed by atoms with Gasteiger partial charge in [0.15, 0.2) is 10.3 Å². The zero-order chi connectivity index (χ0) is 27.0. The van der Waals surface area contributed by atoms with E-state index in [1.807, 2.05) is 24.3 Å². The Balaban J connectivity index is 1.12. The zero-order valence-corrected chi connectivity index (χ0v) is 23.5. The van der Waals surface area contributed by atoms with Gasteiger partial charge in [-0.25, -0.2) is 9.97 Å². The maximum absolute atomic E-state index is 4.95. The quantitative estimate of drug-likeness (QED) is 0.130. The van der Waals surface area contributed by atoms with Crippen molar-refractivity contribution >= 4 is 23.5 Å². The van der Waals surface area contributed by atoms with E-state index in [0.717, 1.165) is 66.8 Å². The maximum Gasteiger partial charge on any atom is 0.166 e. The number of nitrogens with one attached hydrogen (secondary N) is 2. The first kappa shape index (κ1) is 26.0. The molecule has 2 aromatic heterocycles. The van der Waals surface area contributed by atoms with Crippen LogP contribution in [-0.2, 0) is 0 Å². The molecule has 0 unspecified atom stereocenters. The third kappa shape index (κ3) is 6.14. The van der Waals surface area contributed by atoms with E-state index in [1.54, 1.807) is 23.5 Å². The molecule has 0 saturated carbocycles. The SMILES string of the molecule is C(=CCSc1nc(-c2ccccc2)c(-c2ccccc2)[nH]1)CSc1nc(-c2ccccc2)c(-c2ccccc2)[nH]1. The average Bonchev–Trinajstić information content (AvgIpc) is 3.66. The molecule has 0 radical (unpaired) electrons. The van der Waals surface area contributed by atoms with Crippen LogP contribution in [0.4, 0.5) is 0 Å². The molecule has 0 aliphatic heterocycles. The molecule has 2 N–H and O–H groups in total. The van der Waals surface area contributed by atoms with Gasteiger partial charge in [-0.2, -0.15) is 0 Å². The van der Waals surface area contributed by atoms with Crippen molar-refractivity contribution in [2.75, 3.05) is 11.5 Å². The molecule has 196 valence electrons. The summed E-state index contributed by atoms with van der Waals surface area (Å²) in [6.07, 6.45) is 4.40. The summed E-state index contributed by atoms with van der Waals surface area (Å²) in [4.78, 5) is 17.0. The Bertz CT molecular complexity index is 1430. The summed E-state index contributed by atoms with van der Waals surface area (Å²) < 4.78 is 0. The van der Waals surface area contributed by atoms with Crippen molar-refractivity contribution < 1.29 is 0 Å². The van der Waals surface area contributed by atoms with Gasteiger partial charge in [0.05, 0.1) is 22.8 Å². The van der Waals surface area contributed by atoms with Gasteiger partial charge in [0, 0.05) is 33.8 Å². The number of aromatic amines is 2. The van der Waals surface area contributed by atoms with E-state index in [9.17, 15) is 0 Å². The van der Waals surface area contributed by atoms with E-state index in [0.29, 0.717) is 0 Å². The molecule has 0 fully saturated rings. The predicted molar refractivity (Wildman–Crippen MR) is 170 cm³/mol. The van der Waals surface area contributed by atoms with Crippen LogP contribution in [0.15, 0.2) is 144 Å². The molecular formula is C34H28N4S2. The third-order valence-electron chi connectivity index (χ3n) is 6.38. The van der Waals surface area contributed by atoms with E-state index in [4.69, 9.17) is 9.97 Å². The minimum Gasteiger partial charge on any atom is -0.332 e. The Morgan fingerprint density at radius 2 is 0.775 bits per heavy atom. The fourth-order valence-corrected chi connectivity index (χ4v) is 5.91. The molecule has 0 spiro atoms. The Hall–Kier alpha value is -4.26. The van der Waals surface area contributed by atoms with Crippen LogP contribution in [0.3, 0.4) is 0 Å². The van der Waals surface area contributed by atoms with Crippen LogP contribution in [0.2, 0.25) is 0 Å². The van der Waals surface area contributed by atoms with Crippen LogP contribution in [0.5, 0.6) is 0 Å². The molecule has 4 aromatic carbocycles. The average molecular weight is 557 g/mol. The Morgan fingerprint density at radius 3 is 1.12 bits per heavy atom. The lowest BCUT2D eigenvalue weighted by Crippen LogP contribution is -1.82. The molecule has 6 aromatic rings. The van der Waals surface area contributed by atoms with Gasteiger partial charge in [0.1, 0.15) is 0 Å². The smallest absolute Gasteiger partial charge is 0.166 e. The van der Waals surface area contributed by atoms with E-state index >= 15 is 0 Å². The van der Waals surface area contributed by atoms with Crippen molar-refractivity contribution in [1.29, 1.82) is 0 Å². The summed E-state index contributed by atoms with van der Waals surface area (Å²) in [6.45, 7) is 0. The molecule has 0 aliphatic carbocycles. The standard InChI is InChI=1S/C34H28N4S2/c1-5-15-25(16-6-1)29-30(26-17-7-2-8-18-26)36-33(35-29)39-23-13-14-24-40-34-37-31(27-19-9-3-10-20-27)32(38-34)28-21-11-4-12-22-28/h1-22H,23-24H2,(H,35,36)(H,37,38). The Kier molecular flexibility index (Phi) is 8.27. The largest absolute Gasteiger partial charge is 0.332 e. The highest BCUT2D eigenvalue weighted by Crippen LogP contribution is 2.34. The summed E-state index contributed by atoms with van der Waals surface area (Å²) in [5.74, 6) is 1.67. The monoisotopic (exact) mass is 556 g/mol. The number of imidazole rings is 2. The van der Waals surface area contributed by atoms with E-state index < -0.39 is 0 Å². The summed E-state index contributed by atoms with van der Waals surface area (Å²) >= 11 is 3.41. The van der Waals surface area contributed by atoms with Gasteiger partial charge >= 0.3 is 0 Å². The van der Waals surface area contributed by atoms with Gasteiger partial charge in [-0.1, -0.05) is 157 Å². The van der Waals surface area contributed by atoms with Crippen LogP contribution in [0, 0.1) is 0 Å². The zero-order valence-electron chi connectivity index (χ0n) is 21.8. The number of benzene rings is 4. The molecule has 0 saturated heterocycles. The molecule has 6 heteroatoms. The summed E-state index contributed by atoms with van der Waals surface area (Å²) in [5.41, 5.74) is 8.56. The first-order valence-corrected chi connectivity index (χ1v) is 15.1. The molecule has 0 atom stereocenters. The summed E-state index contributed by atoms with van der Waals surface area (Å²) in [6, 6.07) is 41.5. The van der Waals surface area contributed by atoms with E-state index in [1.165, 1.54) is 0 Å². The van der Waals surface area contributed by atoms with Crippen LogP contribution < -0.4 is 0 Å². The van der Waals surface area contributed by atoms with Crippen molar-refractivity contribution in [2.24, 2.45) is 0 Å². The lowest BCUT2D eigenvalue weighted by Gasteiger charge is -2.02. The molecule has 0 aliphatic rings. The van der Waals surface area contributed by atoms with Crippen LogP contribution in [0.25, 0.3) is 45.0 Å². The second-order valence-corrected chi connectivity index (χ2v) is 11.1. The predicted octanol–water partition coefficient (Wildman–Crippen LogP) is 9.24. The van der Waals surface area contributed by atoms with E-state index in [-0.39, 0.29) is 0 Å². The highest BCUT2D eigenvalue weighted by molar-refractivity contribution is 7.99. The molecular weight excluding hydrogens is 529 g/mol. The van der Waals surface area contributed by atoms with Gasteiger partial charge in [0.25, 0.3) is 0 Å². The summed E-state index contributed by atoms with van der Waals surface area (Å²) in [7, 11) is 0. The fraction of sp³-hybridized carbons (Fsp3) is 0.0588. The van der Waals surface area contributed by atoms with Gasteiger partial charge < -0.3 is 9.97 Å². The van der Waals surface area contributed by atoms with Gasteiger partial charge in [-0.3, -0.25) is 0 Å². The number of nitrogens with zero attached hydrogens (tertiary/aromatic N) is 2. The lowest BCUT2D eigenvalue weighted by atomic mass is 10.1. The highest BCUT2D eigenvalue weighted by Gasteiger charge is 2.15. The number of aromatic nitrogens is 4. The van der Waals surface area contributed by atoms with Gasteiger partial charge in [-0.05, 0) is 0 Å². The third-order valence-corrected chi connectivity index (χ3v) is 8.03. The lowest BCUT2D eigenvalue weighted by molar-refractivity contribution is 1.06. The maximum atomic E-state index is 4.95. The number of thioether (sulfide) groups is 2. The molecule has 0 amide bonds. The Morgan fingerprint density at radius 1 is 0.450 bits per heavy atom. The van der Waals surface area contributed by atoms with Crippen LogP contribution in [-0.4, -0.2) is 31.4 Å². The number of hydrogen-bond acceptors (Lipinski definition) is 4. The molecule has 6 rings (SSSR count). The second kappa shape index (κ2) is 12.7. The van der Waals surface area contributed by atoms with Crippen molar-refractivity contribution in [3.05, 3.63) is 133 Å². The van der Waals surface area contributed by atoms with Gasteiger partial charge in [-0.15, -0.1) is 0 Å². The topological polar surface area (TPSA) is 57.4 Å². The second-order valence-electron chi connectivity index (χ2n) is 9.09. The normalized spacial score (nSPS) is 11.3. The van der Waals surface area contributed by atoms with Crippen molar-refractivity contribution in [3.8, 4) is 45.0 Å². The fourth-order valence-electron chi connectivity index (χ4n) is 4.47. The Labute approximate surface area is 243 Å². The van der Waals surface area contributed by atoms with Crippen molar-refractivity contribution in [1.82, 2.24) is 19.9 Å². The first-order chi connectivity index (χ1) is 19.8. The molecule has 0 bridgehead atoms. The van der Waals surface area contributed by atoms with E-state index in [2.05, 4.69) is 119 Å². The van der Waals surface area contributed by atoms with Crippen molar-refractivity contribution in [3.63, 3.8) is 0 Å². The van der Waals surface area contributed by atoms with Crippen LogP contribution >= 0.6 is 23.5 Å². The molecule has 40 heavy (non-hydrogen) atoms. The van der Waals surface area contributed by atoms with Gasteiger partial charge in [0.2, 0.25) is 0 Å². The first-order valence-electron chi connectivity index (χ1n) is 13.2. The minimum atomic E-state index is 0.833.